The lowest BCUT2D eigenvalue weighted by Crippen LogP contribution is -2.46. The maximum Gasteiger partial charge on any atom is 0.306 e. The van der Waals surface area contributed by atoms with Gasteiger partial charge in [0.1, 0.15) is 6.10 Å². The molecule has 3 N–H and O–H groups in total. The highest BCUT2D eigenvalue weighted by Gasteiger charge is 2.24. The number of aliphatic hydroxyl groups excluding tert-OH is 2. The first-order valence-electron chi connectivity index (χ1n) is 26.7. The number of hydrogen-bond donors (Lipinski definition) is 3. The summed E-state index contributed by atoms with van der Waals surface area (Å²) in [6.07, 6.45) is 57.7. The number of ether oxygens (including phenoxy) is 1. The SMILES string of the molecule is CC/C=C/C/C=C/CCCCCCCCCC(=O)OC(CCCCC/C=C/CCCCCCCCC)CC(=O)NC(CO)C(O)CCCCCCCCCCCCCCCC. The number of aliphatic hydroxyl groups is 2. The van der Waals surface area contributed by atoms with Crippen molar-refractivity contribution in [3.05, 3.63) is 36.5 Å². The number of rotatable bonds is 48. The highest BCUT2D eigenvalue weighted by atomic mass is 16.5. The van der Waals surface area contributed by atoms with Gasteiger partial charge in [-0.15, -0.1) is 0 Å². The number of hydrogen-bond acceptors (Lipinski definition) is 5. The standard InChI is InChI=1S/C55H103NO5/c1-4-7-10-13-16-19-22-25-28-31-34-37-40-43-46-51(61-55(60)48-45-42-39-36-33-30-27-24-21-18-15-12-9-6-3)49-54(59)56-52(50-57)53(58)47-44-41-38-35-32-29-26-23-20-17-14-11-8-5-2/h9,12,18,21,28,31,51-53,57-58H,4-8,10-11,13-17,19-20,22-27,29-30,32-50H2,1-3H3,(H,56,59)/b12-9+,21-18+,31-28+. The lowest BCUT2D eigenvalue weighted by atomic mass is 10.0. The molecule has 61 heavy (non-hydrogen) atoms. The fourth-order valence-electron chi connectivity index (χ4n) is 8.17. The molecule has 0 aromatic rings. The first-order valence-corrected chi connectivity index (χ1v) is 26.7. The van der Waals surface area contributed by atoms with E-state index in [0.29, 0.717) is 19.3 Å². The minimum Gasteiger partial charge on any atom is -0.462 e. The Kier molecular flexibility index (Phi) is 47.6. The summed E-state index contributed by atoms with van der Waals surface area (Å²) in [7, 11) is 0. The summed E-state index contributed by atoms with van der Waals surface area (Å²) in [5, 5.41) is 23.8. The monoisotopic (exact) mass is 858 g/mol. The van der Waals surface area contributed by atoms with Crippen LogP contribution in [0.15, 0.2) is 36.5 Å². The van der Waals surface area contributed by atoms with Gasteiger partial charge in [0, 0.05) is 6.42 Å². The van der Waals surface area contributed by atoms with E-state index in [2.05, 4.69) is 62.5 Å². The predicted octanol–water partition coefficient (Wildman–Crippen LogP) is 16.1. The van der Waals surface area contributed by atoms with Crippen molar-refractivity contribution in [2.45, 2.75) is 296 Å². The lowest BCUT2D eigenvalue weighted by molar-refractivity contribution is -0.151. The average Bonchev–Trinajstić information content (AvgIpc) is 3.25. The summed E-state index contributed by atoms with van der Waals surface area (Å²) >= 11 is 0. The molecule has 0 aliphatic heterocycles. The van der Waals surface area contributed by atoms with Crippen molar-refractivity contribution in [3.8, 4) is 0 Å². The van der Waals surface area contributed by atoms with Gasteiger partial charge in [-0.05, 0) is 77.0 Å². The smallest absolute Gasteiger partial charge is 0.306 e. The predicted molar refractivity (Wildman–Crippen MR) is 264 cm³/mol. The van der Waals surface area contributed by atoms with Gasteiger partial charge >= 0.3 is 5.97 Å². The zero-order valence-corrected chi connectivity index (χ0v) is 40.8. The molecule has 0 radical (unpaired) electrons. The second kappa shape index (κ2) is 49.1. The number of allylic oxidation sites excluding steroid dienone is 6. The molecule has 358 valence electrons. The first kappa shape index (κ1) is 59.1. The minimum absolute atomic E-state index is 0.0663. The second-order valence-corrected chi connectivity index (χ2v) is 18.2. The van der Waals surface area contributed by atoms with E-state index >= 15 is 0 Å². The maximum atomic E-state index is 13.2. The van der Waals surface area contributed by atoms with E-state index < -0.39 is 18.2 Å². The zero-order chi connectivity index (χ0) is 44.5. The largest absolute Gasteiger partial charge is 0.462 e. The fraction of sp³-hybridized carbons (Fsp3) is 0.855. The molecule has 3 atom stereocenters. The van der Waals surface area contributed by atoms with E-state index in [4.69, 9.17) is 4.74 Å². The molecule has 0 saturated carbocycles. The summed E-state index contributed by atoms with van der Waals surface area (Å²) in [5.74, 6) is -0.489. The molecular formula is C55H103NO5. The molecular weight excluding hydrogens is 755 g/mol. The molecule has 0 heterocycles. The van der Waals surface area contributed by atoms with Crippen molar-refractivity contribution in [1.29, 1.82) is 0 Å². The van der Waals surface area contributed by atoms with Crippen LogP contribution in [0.5, 0.6) is 0 Å². The molecule has 0 aliphatic carbocycles. The average molecular weight is 858 g/mol. The minimum atomic E-state index is -0.791. The molecule has 0 bridgehead atoms. The normalized spacial score (nSPS) is 13.5. The molecule has 6 nitrogen and oxygen atoms in total. The third-order valence-electron chi connectivity index (χ3n) is 12.2. The second-order valence-electron chi connectivity index (χ2n) is 18.2. The Morgan fingerprint density at radius 3 is 1.36 bits per heavy atom. The van der Waals surface area contributed by atoms with Crippen molar-refractivity contribution in [2.75, 3.05) is 6.61 Å². The molecule has 3 unspecified atom stereocenters. The van der Waals surface area contributed by atoms with Crippen LogP contribution in [0, 0.1) is 0 Å². The van der Waals surface area contributed by atoms with Crippen molar-refractivity contribution in [1.82, 2.24) is 5.32 Å². The molecule has 0 rings (SSSR count). The fourth-order valence-corrected chi connectivity index (χ4v) is 8.17. The first-order chi connectivity index (χ1) is 30.0. The van der Waals surface area contributed by atoms with E-state index in [0.717, 1.165) is 83.5 Å². The van der Waals surface area contributed by atoms with Gasteiger partial charge in [-0.3, -0.25) is 9.59 Å². The Morgan fingerprint density at radius 1 is 0.492 bits per heavy atom. The van der Waals surface area contributed by atoms with Gasteiger partial charge in [0.05, 0.1) is 25.2 Å². The third kappa shape index (κ3) is 44.5. The van der Waals surface area contributed by atoms with Crippen molar-refractivity contribution in [3.63, 3.8) is 0 Å². The Bertz CT molecular complexity index is 1010. The van der Waals surface area contributed by atoms with Crippen molar-refractivity contribution >= 4 is 11.9 Å². The zero-order valence-electron chi connectivity index (χ0n) is 40.8. The van der Waals surface area contributed by atoms with Crippen LogP contribution in [0.25, 0.3) is 0 Å². The van der Waals surface area contributed by atoms with Crippen LogP contribution in [0.4, 0.5) is 0 Å². The van der Waals surface area contributed by atoms with E-state index in [-0.39, 0.29) is 24.9 Å². The topological polar surface area (TPSA) is 95.9 Å². The quantitative estimate of drug-likeness (QED) is 0.0322. The van der Waals surface area contributed by atoms with Crippen LogP contribution in [0.3, 0.4) is 0 Å². The van der Waals surface area contributed by atoms with Gasteiger partial charge in [0.2, 0.25) is 5.91 Å². The number of carbonyl (C=O) groups excluding carboxylic acids is 2. The van der Waals surface area contributed by atoms with Gasteiger partial charge in [-0.25, -0.2) is 0 Å². The van der Waals surface area contributed by atoms with E-state index in [1.807, 2.05) is 0 Å². The molecule has 0 aromatic heterocycles. The molecule has 0 saturated heterocycles. The molecule has 0 aromatic carbocycles. The Morgan fingerprint density at radius 2 is 0.885 bits per heavy atom. The highest BCUT2D eigenvalue weighted by molar-refractivity contribution is 5.77. The van der Waals surface area contributed by atoms with Gasteiger partial charge in [0.15, 0.2) is 0 Å². The Balaban J connectivity index is 4.57. The van der Waals surface area contributed by atoms with Gasteiger partial charge < -0.3 is 20.3 Å². The molecule has 1 amide bonds. The van der Waals surface area contributed by atoms with Crippen molar-refractivity contribution < 1.29 is 24.5 Å². The van der Waals surface area contributed by atoms with Crippen LogP contribution in [0.2, 0.25) is 0 Å². The highest BCUT2D eigenvalue weighted by Crippen LogP contribution is 2.18. The van der Waals surface area contributed by atoms with Crippen LogP contribution in [-0.2, 0) is 14.3 Å². The van der Waals surface area contributed by atoms with Gasteiger partial charge in [-0.1, -0.05) is 224 Å². The van der Waals surface area contributed by atoms with Crippen LogP contribution in [-0.4, -0.2) is 46.9 Å². The molecule has 0 aliphatic rings. The Labute approximate surface area is 379 Å². The summed E-state index contributed by atoms with van der Waals surface area (Å²) in [6, 6.07) is -0.705. The number of nitrogens with one attached hydrogen (secondary N) is 1. The van der Waals surface area contributed by atoms with Gasteiger partial charge in [0.25, 0.3) is 0 Å². The number of carbonyl (C=O) groups is 2. The van der Waals surface area contributed by atoms with Crippen LogP contribution in [0.1, 0.15) is 278 Å². The van der Waals surface area contributed by atoms with Gasteiger partial charge in [-0.2, -0.15) is 0 Å². The van der Waals surface area contributed by atoms with Crippen LogP contribution >= 0.6 is 0 Å². The summed E-state index contributed by atoms with van der Waals surface area (Å²) < 4.78 is 5.93. The van der Waals surface area contributed by atoms with E-state index in [1.165, 1.54) is 148 Å². The maximum absolute atomic E-state index is 13.2. The third-order valence-corrected chi connectivity index (χ3v) is 12.2. The van der Waals surface area contributed by atoms with E-state index in [1.54, 1.807) is 0 Å². The lowest BCUT2D eigenvalue weighted by Gasteiger charge is -2.24. The van der Waals surface area contributed by atoms with Crippen LogP contribution < -0.4 is 5.32 Å². The van der Waals surface area contributed by atoms with E-state index in [9.17, 15) is 19.8 Å². The molecule has 0 fully saturated rings. The molecule has 6 heteroatoms. The molecule has 0 spiro atoms. The van der Waals surface area contributed by atoms with Crippen molar-refractivity contribution in [2.24, 2.45) is 0 Å². The number of esters is 1. The summed E-state index contributed by atoms with van der Waals surface area (Å²) in [5.41, 5.74) is 0. The summed E-state index contributed by atoms with van der Waals surface area (Å²) in [6.45, 7) is 6.39. The number of amides is 1. The number of unbranched alkanes of at least 4 members (excludes halogenated alkanes) is 30. The Hall–Kier alpha value is -1.92. The summed E-state index contributed by atoms with van der Waals surface area (Å²) in [4.78, 5) is 26.2.